The van der Waals surface area contributed by atoms with Gasteiger partial charge >= 0.3 is 114 Å². The van der Waals surface area contributed by atoms with E-state index >= 15 is 0 Å². The van der Waals surface area contributed by atoms with Gasteiger partial charge in [-0.15, -0.1) is 0 Å². The molecular formula is C15H18O2Se. The van der Waals surface area contributed by atoms with Crippen LogP contribution < -0.4 is 4.46 Å². The van der Waals surface area contributed by atoms with Crippen molar-refractivity contribution in [2.24, 2.45) is 11.8 Å². The van der Waals surface area contributed by atoms with Gasteiger partial charge in [0, 0.05) is 0 Å². The quantitative estimate of drug-likeness (QED) is 0.612. The summed E-state index contributed by atoms with van der Waals surface area (Å²) in [5.41, 5.74) is 0. The third-order valence-corrected chi connectivity index (χ3v) is 5.39. The second-order valence-corrected chi connectivity index (χ2v) is 6.94. The second-order valence-electron chi connectivity index (χ2n) is 4.67. The molecule has 1 aromatic carbocycles. The van der Waals surface area contributed by atoms with Gasteiger partial charge in [-0.05, 0) is 0 Å². The van der Waals surface area contributed by atoms with Crippen molar-refractivity contribution in [1.29, 1.82) is 0 Å². The molecule has 1 unspecified atom stereocenters. The number of hydrogen-bond acceptors (Lipinski definition) is 2. The molecule has 3 heteroatoms. The molecule has 2 nitrogen and oxygen atoms in total. The number of hydrogen-bond donors (Lipinski definition) is 1. The Kier molecular flexibility index (Phi) is 4.76. The predicted octanol–water partition coefficient (Wildman–Crippen LogP) is 1.51. The third-order valence-electron chi connectivity index (χ3n) is 3.26. The van der Waals surface area contributed by atoms with Gasteiger partial charge in [-0.3, -0.25) is 0 Å². The Labute approximate surface area is 114 Å². The molecule has 1 aliphatic rings. The zero-order chi connectivity index (χ0) is 13.0. The van der Waals surface area contributed by atoms with Crippen LogP contribution in [0.25, 0.3) is 0 Å². The van der Waals surface area contributed by atoms with Crippen LogP contribution in [0, 0.1) is 11.8 Å². The summed E-state index contributed by atoms with van der Waals surface area (Å²) in [6.07, 6.45) is 3.91. The van der Waals surface area contributed by atoms with Crippen LogP contribution in [0.1, 0.15) is 19.3 Å². The Bertz CT molecular complexity index is 416. The summed E-state index contributed by atoms with van der Waals surface area (Å²) in [5, 5.41) is 9.91. The average Bonchev–Trinajstić information content (AvgIpc) is 3.17. The first-order valence-electron chi connectivity index (χ1n) is 6.28. The molecule has 96 valence electrons. The molecule has 0 bridgehead atoms. The molecule has 0 aromatic heterocycles. The van der Waals surface area contributed by atoms with E-state index in [4.69, 9.17) is 0 Å². The van der Waals surface area contributed by atoms with Gasteiger partial charge in [-0.25, -0.2) is 0 Å². The summed E-state index contributed by atoms with van der Waals surface area (Å²) in [6.45, 7) is 3.65. The zero-order valence-electron chi connectivity index (χ0n) is 10.3. The summed E-state index contributed by atoms with van der Waals surface area (Å²) in [4.78, 5) is 12.1. The molecule has 0 aliphatic heterocycles. The van der Waals surface area contributed by atoms with Gasteiger partial charge in [-0.2, -0.15) is 0 Å². The summed E-state index contributed by atoms with van der Waals surface area (Å²) in [6, 6.07) is 9.90. The summed E-state index contributed by atoms with van der Waals surface area (Å²) in [7, 11) is 0. The molecule has 0 radical (unpaired) electrons. The normalized spacial score (nSPS) is 23.4. The molecule has 18 heavy (non-hydrogen) atoms. The fourth-order valence-electron chi connectivity index (χ4n) is 2.09. The van der Waals surface area contributed by atoms with E-state index in [0.29, 0.717) is 4.68 Å². The monoisotopic (exact) mass is 310 g/mol. The number of allylic oxidation sites excluding steroid dienone is 1. The van der Waals surface area contributed by atoms with E-state index in [1.807, 2.05) is 36.4 Å². The molecule has 1 aliphatic carbocycles. The average molecular weight is 309 g/mol. The summed E-state index contributed by atoms with van der Waals surface area (Å²) >= 11 is -0.0984. The number of aliphatic hydroxyl groups excluding tert-OH is 1. The number of carbonyl (C=O) groups excluding carboxylic acids is 1. The van der Waals surface area contributed by atoms with E-state index < -0.39 is 0 Å². The van der Waals surface area contributed by atoms with Gasteiger partial charge in [-0.1, -0.05) is 0 Å². The molecule has 0 heterocycles. The van der Waals surface area contributed by atoms with Crippen LogP contribution in [0.3, 0.4) is 0 Å². The zero-order valence-corrected chi connectivity index (χ0v) is 12.0. The standard InChI is InChI=1S/C15H18O2Se/c1-2-3-9-14(16)12-10-13(12)15(17)18-11-7-5-4-6-8-11/h2,4-8,12-14,16H,1,3,9-10H2/t12-,13-,14?/m1/s1. The van der Waals surface area contributed by atoms with Gasteiger partial charge < -0.3 is 0 Å². The van der Waals surface area contributed by atoms with Crippen LogP contribution in [-0.2, 0) is 4.79 Å². The van der Waals surface area contributed by atoms with Crippen molar-refractivity contribution in [3.8, 4) is 0 Å². The first-order chi connectivity index (χ1) is 8.72. The van der Waals surface area contributed by atoms with Crippen LogP contribution in [0.2, 0.25) is 0 Å². The first-order valence-corrected chi connectivity index (χ1v) is 7.99. The van der Waals surface area contributed by atoms with Crippen LogP contribution >= 0.6 is 0 Å². The summed E-state index contributed by atoms with van der Waals surface area (Å²) in [5.74, 6) is 0.299. The molecule has 0 spiro atoms. The molecule has 1 saturated carbocycles. The van der Waals surface area contributed by atoms with Crippen LogP contribution in [0.4, 0.5) is 0 Å². The van der Waals surface area contributed by atoms with Crippen molar-refractivity contribution < 1.29 is 9.90 Å². The van der Waals surface area contributed by atoms with Crippen LogP contribution in [0.15, 0.2) is 43.0 Å². The molecule has 1 fully saturated rings. The Morgan fingerprint density at radius 2 is 2.22 bits per heavy atom. The molecule has 0 saturated heterocycles. The molecule has 2 rings (SSSR count). The van der Waals surface area contributed by atoms with Crippen LogP contribution in [-0.4, -0.2) is 30.8 Å². The molecule has 0 amide bonds. The topological polar surface area (TPSA) is 37.3 Å². The molecule has 1 aromatic rings. The van der Waals surface area contributed by atoms with E-state index in [-0.39, 0.29) is 32.9 Å². The third kappa shape index (κ3) is 3.55. The number of aliphatic hydroxyl groups is 1. The SMILES string of the molecule is C=CCCC(O)[C@@H]1C[C@H]1C(=O)[Se]c1ccccc1. The maximum absolute atomic E-state index is 12.1. The van der Waals surface area contributed by atoms with E-state index in [9.17, 15) is 9.90 Å². The van der Waals surface area contributed by atoms with Crippen molar-refractivity contribution in [2.45, 2.75) is 25.4 Å². The van der Waals surface area contributed by atoms with E-state index in [1.54, 1.807) is 0 Å². The first kappa shape index (κ1) is 13.5. The van der Waals surface area contributed by atoms with Gasteiger partial charge in [0.15, 0.2) is 0 Å². The molecular weight excluding hydrogens is 291 g/mol. The Hall–Kier alpha value is -0.891. The molecule has 1 N–H and O–H groups in total. The number of carbonyl (C=O) groups is 1. The van der Waals surface area contributed by atoms with Gasteiger partial charge in [0.05, 0.1) is 0 Å². The molecule has 3 atom stereocenters. The van der Waals surface area contributed by atoms with Crippen LogP contribution in [0.5, 0.6) is 0 Å². The summed E-state index contributed by atoms with van der Waals surface area (Å²) < 4.78 is 1.46. The van der Waals surface area contributed by atoms with Gasteiger partial charge in [0.25, 0.3) is 0 Å². The minimum atomic E-state index is -0.330. The Balaban J connectivity index is 1.80. The fraction of sp³-hybridized carbons (Fsp3) is 0.400. The maximum atomic E-state index is 12.1. The van der Waals surface area contributed by atoms with Crippen molar-refractivity contribution in [2.75, 3.05) is 0 Å². The Morgan fingerprint density at radius 3 is 2.89 bits per heavy atom. The van der Waals surface area contributed by atoms with Crippen molar-refractivity contribution in [3.63, 3.8) is 0 Å². The number of rotatable bonds is 7. The second kappa shape index (κ2) is 6.33. The van der Waals surface area contributed by atoms with E-state index in [2.05, 4.69) is 6.58 Å². The van der Waals surface area contributed by atoms with E-state index in [1.165, 1.54) is 0 Å². The minimum absolute atomic E-state index is 0.0984. The Morgan fingerprint density at radius 1 is 1.50 bits per heavy atom. The fourth-order valence-corrected chi connectivity index (χ4v) is 4.08. The van der Waals surface area contributed by atoms with Crippen molar-refractivity contribution in [1.82, 2.24) is 0 Å². The number of benzene rings is 1. The van der Waals surface area contributed by atoms with Gasteiger partial charge in [0.1, 0.15) is 0 Å². The predicted molar refractivity (Wildman–Crippen MR) is 73.9 cm³/mol. The van der Waals surface area contributed by atoms with E-state index in [0.717, 1.165) is 23.7 Å². The van der Waals surface area contributed by atoms with Crippen molar-refractivity contribution >= 4 is 24.1 Å². The van der Waals surface area contributed by atoms with Crippen molar-refractivity contribution in [3.05, 3.63) is 43.0 Å². The van der Waals surface area contributed by atoms with Gasteiger partial charge in [0.2, 0.25) is 0 Å².